The lowest BCUT2D eigenvalue weighted by molar-refractivity contribution is 1.11. The van der Waals surface area contributed by atoms with E-state index in [0.717, 1.165) is 56.0 Å². The second-order valence-electron chi connectivity index (χ2n) is 14.7. The maximum atomic E-state index is 5.62. The molecule has 0 fully saturated rings. The lowest BCUT2D eigenvalue weighted by Crippen LogP contribution is -2.07. The third kappa shape index (κ3) is 4.88. The number of fused-ring (bicyclic) bond motifs is 9. The van der Waals surface area contributed by atoms with Crippen molar-refractivity contribution in [2.75, 3.05) is 0 Å². The second-order valence-corrected chi connectivity index (χ2v) is 15.8. The van der Waals surface area contributed by atoms with Gasteiger partial charge in [-0.2, -0.15) is 0 Å². The van der Waals surface area contributed by atoms with Crippen LogP contribution in [0.5, 0.6) is 0 Å². The smallest absolute Gasteiger partial charge is 0.0805 e. The SMILES string of the molecule is c1ccc(-c2cc(-c3ccccc3)nc(-c3cc4sc5ccccc5c4c(-n4c5ccccc5c5ccccc54)c3-n3c4ccccc4c4ccccc43)c2)cc1. The monoisotopic (exact) mass is 743 g/mol. The van der Waals surface area contributed by atoms with Crippen molar-refractivity contribution >= 4 is 75.1 Å². The molecule has 0 amide bonds. The van der Waals surface area contributed by atoms with Crippen LogP contribution in [0.2, 0.25) is 0 Å². The van der Waals surface area contributed by atoms with Crippen molar-refractivity contribution in [1.29, 1.82) is 0 Å². The van der Waals surface area contributed by atoms with Crippen molar-refractivity contribution in [2.24, 2.45) is 0 Å². The van der Waals surface area contributed by atoms with E-state index in [-0.39, 0.29) is 0 Å². The molecule has 12 rings (SSSR count). The van der Waals surface area contributed by atoms with Gasteiger partial charge in [0.15, 0.2) is 0 Å². The molecule has 0 aliphatic carbocycles. The quantitative estimate of drug-likeness (QED) is 0.172. The number of aromatic nitrogens is 3. The third-order valence-electron chi connectivity index (χ3n) is 11.5. The van der Waals surface area contributed by atoms with Gasteiger partial charge in [0.05, 0.1) is 44.8 Å². The third-order valence-corrected chi connectivity index (χ3v) is 12.6. The van der Waals surface area contributed by atoms with E-state index in [0.29, 0.717) is 0 Å². The maximum Gasteiger partial charge on any atom is 0.0805 e. The van der Waals surface area contributed by atoms with E-state index in [1.165, 1.54) is 52.8 Å². The van der Waals surface area contributed by atoms with Gasteiger partial charge in [-0.3, -0.25) is 0 Å². The number of rotatable bonds is 5. The molecule has 8 aromatic carbocycles. The van der Waals surface area contributed by atoms with Crippen LogP contribution in [0.3, 0.4) is 0 Å². The highest BCUT2D eigenvalue weighted by atomic mass is 32.1. The van der Waals surface area contributed by atoms with Gasteiger partial charge in [0.1, 0.15) is 0 Å². The number of hydrogen-bond acceptors (Lipinski definition) is 2. The summed E-state index contributed by atoms with van der Waals surface area (Å²) < 4.78 is 7.54. The van der Waals surface area contributed by atoms with E-state index in [9.17, 15) is 0 Å². The van der Waals surface area contributed by atoms with Gasteiger partial charge in [-0.1, -0.05) is 152 Å². The Balaban J connectivity index is 1.35. The summed E-state index contributed by atoms with van der Waals surface area (Å²) in [6.45, 7) is 0. The summed E-state index contributed by atoms with van der Waals surface area (Å²) in [5.41, 5.74) is 13.2. The van der Waals surface area contributed by atoms with Crippen LogP contribution in [0.25, 0.3) is 109 Å². The van der Waals surface area contributed by atoms with Crippen molar-refractivity contribution in [3.05, 3.63) is 200 Å². The Morgan fingerprint density at radius 1 is 0.333 bits per heavy atom. The molecule has 12 aromatic rings. The van der Waals surface area contributed by atoms with E-state index < -0.39 is 0 Å². The van der Waals surface area contributed by atoms with Crippen LogP contribution in [-0.4, -0.2) is 14.1 Å². The summed E-state index contributed by atoms with van der Waals surface area (Å²) in [6, 6.07) is 72.5. The molecule has 0 aliphatic rings. The van der Waals surface area contributed by atoms with E-state index >= 15 is 0 Å². The maximum absolute atomic E-state index is 5.62. The van der Waals surface area contributed by atoms with Crippen LogP contribution in [0.4, 0.5) is 0 Å². The number of para-hydroxylation sites is 4. The number of pyridine rings is 1. The molecule has 0 atom stereocenters. The lowest BCUT2D eigenvalue weighted by Gasteiger charge is -2.22. The zero-order chi connectivity index (χ0) is 37.5. The van der Waals surface area contributed by atoms with Gasteiger partial charge in [-0.05, 0) is 59.7 Å². The molecular weight excluding hydrogens is 711 g/mol. The number of hydrogen-bond donors (Lipinski definition) is 0. The summed E-state index contributed by atoms with van der Waals surface area (Å²) in [6.07, 6.45) is 0. The Labute approximate surface area is 333 Å². The molecule has 0 unspecified atom stereocenters. The van der Waals surface area contributed by atoms with E-state index in [1.54, 1.807) is 0 Å². The normalized spacial score (nSPS) is 11.9. The highest BCUT2D eigenvalue weighted by Gasteiger charge is 2.27. The Hall–Kier alpha value is -7.27. The topological polar surface area (TPSA) is 22.8 Å². The molecule has 266 valence electrons. The van der Waals surface area contributed by atoms with Crippen molar-refractivity contribution in [2.45, 2.75) is 0 Å². The minimum absolute atomic E-state index is 0.924. The second kappa shape index (κ2) is 12.6. The fourth-order valence-corrected chi connectivity index (χ4v) is 10.2. The van der Waals surface area contributed by atoms with E-state index in [1.807, 2.05) is 11.3 Å². The van der Waals surface area contributed by atoms with Crippen LogP contribution < -0.4 is 0 Å². The van der Waals surface area contributed by atoms with Crippen molar-refractivity contribution in [1.82, 2.24) is 14.1 Å². The molecule has 0 spiro atoms. The zero-order valence-electron chi connectivity index (χ0n) is 30.8. The van der Waals surface area contributed by atoms with Gasteiger partial charge in [0, 0.05) is 52.8 Å². The van der Waals surface area contributed by atoms with Crippen LogP contribution in [-0.2, 0) is 0 Å². The van der Waals surface area contributed by atoms with Gasteiger partial charge < -0.3 is 9.13 Å². The Bertz CT molecular complexity index is 3350. The Morgan fingerprint density at radius 3 is 1.33 bits per heavy atom. The highest BCUT2D eigenvalue weighted by Crippen LogP contribution is 2.49. The molecular formula is C53H33N3S. The molecule has 4 heteroatoms. The molecule has 0 saturated carbocycles. The van der Waals surface area contributed by atoms with Gasteiger partial charge in [0.25, 0.3) is 0 Å². The van der Waals surface area contributed by atoms with Gasteiger partial charge in [0.2, 0.25) is 0 Å². The van der Waals surface area contributed by atoms with Gasteiger partial charge >= 0.3 is 0 Å². The molecule has 0 saturated heterocycles. The summed E-state index contributed by atoms with van der Waals surface area (Å²) in [4.78, 5) is 5.62. The van der Waals surface area contributed by atoms with Crippen molar-refractivity contribution in [3.63, 3.8) is 0 Å². The summed E-state index contributed by atoms with van der Waals surface area (Å²) >= 11 is 1.86. The minimum Gasteiger partial charge on any atom is -0.307 e. The molecule has 0 aliphatic heterocycles. The van der Waals surface area contributed by atoms with E-state index in [4.69, 9.17) is 4.98 Å². The Kier molecular flexibility index (Phi) is 7.10. The molecule has 0 N–H and O–H groups in total. The van der Waals surface area contributed by atoms with Gasteiger partial charge in [-0.25, -0.2) is 4.98 Å². The van der Waals surface area contributed by atoms with Crippen LogP contribution >= 0.6 is 11.3 Å². The predicted molar refractivity (Wildman–Crippen MR) is 242 cm³/mol. The average Bonchev–Trinajstić information content (AvgIpc) is 3.94. The first kappa shape index (κ1) is 32.0. The molecule has 57 heavy (non-hydrogen) atoms. The summed E-state index contributed by atoms with van der Waals surface area (Å²) in [5, 5.41) is 7.39. The molecule has 0 bridgehead atoms. The van der Waals surface area contributed by atoms with Crippen molar-refractivity contribution < 1.29 is 0 Å². The predicted octanol–water partition coefficient (Wildman–Crippen LogP) is 14.6. The summed E-state index contributed by atoms with van der Waals surface area (Å²) in [7, 11) is 0. The van der Waals surface area contributed by atoms with Crippen molar-refractivity contribution in [3.8, 4) is 45.0 Å². The minimum atomic E-state index is 0.924. The number of thiophene rings is 1. The lowest BCUT2D eigenvalue weighted by atomic mass is 9.97. The fourth-order valence-electron chi connectivity index (χ4n) is 9.04. The number of nitrogens with zero attached hydrogens (tertiary/aromatic N) is 3. The summed E-state index contributed by atoms with van der Waals surface area (Å²) in [5.74, 6) is 0. The van der Waals surface area contributed by atoms with Gasteiger partial charge in [-0.15, -0.1) is 11.3 Å². The standard InChI is InChI=1S/C53H33N3S/c1-3-17-34(18-4-1)36-31-43(35-19-5-2-6-20-35)54-44(32-36)42-33-50-51(41-25-11-16-30-49(41)57-50)53(56-47-28-14-9-23-39(47)40-24-10-15-29-48(40)56)52(42)55-45-26-12-7-21-37(45)38-22-8-13-27-46(38)55/h1-33H. The van der Waals surface area contributed by atoms with Crippen LogP contribution in [0.1, 0.15) is 0 Å². The molecule has 4 aromatic heterocycles. The molecule has 3 nitrogen and oxygen atoms in total. The fraction of sp³-hybridized carbons (Fsp3) is 0. The largest absolute Gasteiger partial charge is 0.307 e. The highest BCUT2D eigenvalue weighted by molar-refractivity contribution is 7.26. The average molecular weight is 744 g/mol. The first-order valence-electron chi connectivity index (χ1n) is 19.4. The number of benzene rings is 8. The van der Waals surface area contributed by atoms with Crippen LogP contribution in [0.15, 0.2) is 200 Å². The first-order valence-corrected chi connectivity index (χ1v) is 20.2. The van der Waals surface area contributed by atoms with Crippen LogP contribution in [0, 0.1) is 0 Å². The van der Waals surface area contributed by atoms with E-state index in [2.05, 4.69) is 209 Å². The Morgan fingerprint density at radius 2 is 0.772 bits per heavy atom. The molecule has 0 radical (unpaired) electrons. The first-order chi connectivity index (χ1) is 28.3. The molecule has 4 heterocycles. The zero-order valence-corrected chi connectivity index (χ0v) is 31.6.